The molecular formula is C47H38N2. The molecule has 0 amide bonds. The van der Waals surface area contributed by atoms with Crippen LogP contribution in [0.2, 0.25) is 0 Å². The van der Waals surface area contributed by atoms with Gasteiger partial charge in [-0.3, -0.25) is 0 Å². The molecule has 2 heteroatoms. The molecule has 0 aliphatic heterocycles. The SMILES string of the molecule is CC1(C)c2ccccc2-c2c1c1c(n2-c2ccccc2)=CCC(N(c2ccccc2)c2ccc3c(c2)-c2ccccc2C2C=CC=CC32)C=1. The molecule has 5 aromatic carbocycles. The van der Waals surface area contributed by atoms with E-state index >= 15 is 0 Å². The lowest BCUT2D eigenvalue weighted by Crippen LogP contribution is -2.41. The average molecular weight is 631 g/mol. The maximum atomic E-state index is 2.58. The van der Waals surface area contributed by atoms with Crippen LogP contribution in [0.15, 0.2) is 152 Å². The molecule has 3 atom stereocenters. The van der Waals surface area contributed by atoms with Crippen LogP contribution in [0.1, 0.15) is 54.4 Å². The predicted octanol–water partition coefficient (Wildman–Crippen LogP) is 9.93. The number of para-hydroxylation sites is 2. The van der Waals surface area contributed by atoms with Gasteiger partial charge in [0.15, 0.2) is 0 Å². The number of nitrogens with zero attached hydrogens (tertiary/aromatic N) is 2. The number of aromatic nitrogens is 1. The first kappa shape index (κ1) is 28.4. The molecule has 4 aliphatic rings. The number of benzene rings is 5. The van der Waals surface area contributed by atoms with E-state index in [1.807, 2.05) is 0 Å². The van der Waals surface area contributed by atoms with Gasteiger partial charge in [0.05, 0.1) is 11.7 Å². The monoisotopic (exact) mass is 630 g/mol. The second-order valence-electron chi connectivity index (χ2n) is 14.4. The summed E-state index contributed by atoms with van der Waals surface area (Å²) in [6, 6.07) is 47.3. The van der Waals surface area contributed by atoms with Crippen molar-refractivity contribution in [2.45, 2.75) is 43.6 Å². The third kappa shape index (κ3) is 4.13. The van der Waals surface area contributed by atoms with Crippen LogP contribution in [0.3, 0.4) is 0 Å². The van der Waals surface area contributed by atoms with Gasteiger partial charge in [0.25, 0.3) is 0 Å². The van der Waals surface area contributed by atoms with Crippen LogP contribution in [0.4, 0.5) is 11.4 Å². The number of fused-ring (bicyclic) bond motifs is 11. The van der Waals surface area contributed by atoms with Crippen LogP contribution in [-0.4, -0.2) is 10.6 Å². The van der Waals surface area contributed by atoms with Gasteiger partial charge in [0, 0.05) is 50.4 Å². The maximum Gasteiger partial charge on any atom is 0.0584 e. The summed E-state index contributed by atoms with van der Waals surface area (Å²) in [5.41, 5.74) is 14.6. The quantitative estimate of drug-likeness (QED) is 0.188. The number of hydrogen-bond donors (Lipinski definition) is 0. The van der Waals surface area contributed by atoms with Crippen LogP contribution in [0.5, 0.6) is 0 Å². The average Bonchev–Trinajstić information content (AvgIpc) is 3.62. The molecular weight excluding hydrogens is 593 g/mol. The van der Waals surface area contributed by atoms with Crippen molar-refractivity contribution in [2.75, 3.05) is 4.90 Å². The van der Waals surface area contributed by atoms with Gasteiger partial charge in [-0.25, -0.2) is 0 Å². The zero-order valence-electron chi connectivity index (χ0n) is 27.9. The molecule has 4 aliphatic carbocycles. The summed E-state index contributed by atoms with van der Waals surface area (Å²) in [6.45, 7) is 4.81. The zero-order valence-corrected chi connectivity index (χ0v) is 27.9. The standard InChI is InChI=1S/C47H38N2/c1-47(2)43-24-14-13-23-40(43)46-45(47)42-30-34(26-28-44(42)49(46)32-17-7-4-8-18-32)48(31-15-5-3-6-16-31)33-25-27-39-37-21-10-9-19-35(37)36-20-11-12-22-38(36)41(39)29-33/h3-25,27-30,34-35,37H,26H2,1-2H3. The Balaban J connectivity index is 1.19. The van der Waals surface area contributed by atoms with Gasteiger partial charge >= 0.3 is 0 Å². The molecule has 0 spiro atoms. The minimum absolute atomic E-state index is 0.117. The number of hydrogen-bond acceptors (Lipinski definition) is 1. The number of rotatable bonds is 4. The molecule has 1 aromatic heterocycles. The molecule has 0 N–H and O–H groups in total. The Bertz CT molecular complexity index is 2460. The van der Waals surface area contributed by atoms with Crippen molar-refractivity contribution in [3.05, 3.63) is 185 Å². The Labute approximate surface area is 288 Å². The summed E-state index contributed by atoms with van der Waals surface area (Å²) in [5, 5.41) is 2.67. The first-order valence-corrected chi connectivity index (χ1v) is 17.6. The molecule has 0 saturated carbocycles. The lowest BCUT2D eigenvalue weighted by molar-refractivity contribution is 0.655. The largest absolute Gasteiger partial charge is 0.334 e. The second kappa shape index (κ2) is 10.7. The van der Waals surface area contributed by atoms with Crippen molar-refractivity contribution in [1.29, 1.82) is 0 Å². The molecule has 0 bridgehead atoms. The van der Waals surface area contributed by atoms with Gasteiger partial charge in [-0.2, -0.15) is 0 Å². The van der Waals surface area contributed by atoms with Gasteiger partial charge in [-0.15, -0.1) is 0 Å². The maximum absolute atomic E-state index is 2.58. The van der Waals surface area contributed by atoms with E-state index in [1.54, 1.807) is 0 Å². The second-order valence-corrected chi connectivity index (χ2v) is 14.4. The molecule has 49 heavy (non-hydrogen) atoms. The van der Waals surface area contributed by atoms with Crippen molar-refractivity contribution < 1.29 is 0 Å². The van der Waals surface area contributed by atoms with Crippen LogP contribution >= 0.6 is 0 Å². The third-order valence-corrected chi connectivity index (χ3v) is 11.4. The van der Waals surface area contributed by atoms with Gasteiger partial charge in [-0.1, -0.05) is 141 Å². The smallest absolute Gasteiger partial charge is 0.0584 e. The summed E-state index contributed by atoms with van der Waals surface area (Å²) < 4.78 is 2.52. The van der Waals surface area contributed by atoms with Gasteiger partial charge in [-0.05, 0) is 76.2 Å². The van der Waals surface area contributed by atoms with Crippen LogP contribution in [-0.2, 0) is 5.41 Å². The predicted molar refractivity (Wildman–Crippen MR) is 204 cm³/mol. The molecule has 0 saturated heterocycles. The lowest BCUT2D eigenvalue weighted by atomic mass is 9.70. The van der Waals surface area contributed by atoms with E-state index in [1.165, 1.54) is 72.3 Å². The third-order valence-electron chi connectivity index (χ3n) is 11.4. The highest BCUT2D eigenvalue weighted by Crippen LogP contribution is 2.51. The Morgan fingerprint density at radius 3 is 2.06 bits per heavy atom. The molecule has 0 radical (unpaired) electrons. The molecule has 0 fully saturated rings. The minimum Gasteiger partial charge on any atom is -0.334 e. The molecule has 236 valence electrons. The summed E-state index contributed by atoms with van der Waals surface area (Å²) in [6.07, 6.45) is 15.2. The summed E-state index contributed by atoms with van der Waals surface area (Å²) in [4.78, 5) is 2.58. The van der Waals surface area contributed by atoms with Crippen molar-refractivity contribution in [3.8, 4) is 28.1 Å². The van der Waals surface area contributed by atoms with Gasteiger partial charge in [0.2, 0.25) is 0 Å². The van der Waals surface area contributed by atoms with E-state index in [-0.39, 0.29) is 11.5 Å². The fraction of sp³-hybridized carbons (Fsp3) is 0.149. The van der Waals surface area contributed by atoms with E-state index in [0.717, 1.165) is 6.42 Å². The highest BCUT2D eigenvalue weighted by Gasteiger charge is 2.41. The molecule has 3 unspecified atom stereocenters. The number of anilines is 2. The van der Waals surface area contributed by atoms with E-state index in [0.29, 0.717) is 11.8 Å². The summed E-state index contributed by atoms with van der Waals surface area (Å²) in [5.74, 6) is 0.739. The molecule has 6 aromatic rings. The summed E-state index contributed by atoms with van der Waals surface area (Å²) >= 11 is 0. The van der Waals surface area contributed by atoms with E-state index in [4.69, 9.17) is 0 Å². The van der Waals surface area contributed by atoms with Crippen molar-refractivity contribution >= 4 is 23.5 Å². The Hall–Kier alpha value is -5.60. The molecule has 10 rings (SSSR count). The summed E-state index contributed by atoms with van der Waals surface area (Å²) in [7, 11) is 0. The van der Waals surface area contributed by atoms with Gasteiger partial charge in [0.1, 0.15) is 0 Å². The van der Waals surface area contributed by atoms with E-state index < -0.39 is 0 Å². The first-order chi connectivity index (χ1) is 24.1. The highest BCUT2D eigenvalue weighted by atomic mass is 15.2. The minimum atomic E-state index is -0.117. The van der Waals surface area contributed by atoms with Crippen molar-refractivity contribution in [2.24, 2.45) is 0 Å². The first-order valence-electron chi connectivity index (χ1n) is 17.6. The topological polar surface area (TPSA) is 8.17 Å². The van der Waals surface area contributed by atoms with Crippen LogP contribution < -0.4 is 15.5 Å². The van der Waals surface area contributed by atoms with E-state index in [2.05, 4.69) is 187 Å². The lowest BCUT2D eigenvalue weighted by Gasteiger charge is -2.37. The fourth-order valence-electron chi connectivity index (χ4n) is 9.33. The molecule has 1 heterocycles. The van der Waals surface area contributed by atoms with Crippen molar-refractivity contribution in [3.63, 3.8) is 0 Å². The molecule has 2 nitrogen and oxygen atoms in total. The Morgan fingerprint density at radius 2 is 1.29 bits per heavy atom. The van der Waals surface area contributed by atoms with Crippen LogP contribution in [0.25, 0.3) is 40.2 Å². The Morgan fingerprint density at radius 1 is 0.633 bits per heavy atom. The van der Waals surface area contributed by atoms with Crippen LogP contribution in [0, 0.1) is 0 Å². The zero-order chi connectivity index (χ0) is 32.7. The van der Waals surface area contributed by atoms with Crippen molar-refractivity contribution in [1.82, 2.24) is 4.57 Å². The normalized spacial score (nSPS) is 20.1. The van der Waals surface area contributed by atoms with Gasteiger partial charge < -0.3 is 9.47 Å². The highest BCUT2D eigenvalue weighted by molar-refractivity contribution is 5.84. The fourth-order valence-corrected chi connectivity index (χ4v) is 9.33. The Kier molecular flexibility index (Phi) is 6.21. The number of allylic oxidation sites excluding steroid dienone is 4. The van der Waals surface area contributed by atoms with E-state index in [9.17, 15) is 0 Å².